The number of methoxy groups -OCH3 is 2. The van der Waals surface area contributed by atoms with E-state index in [1.807, 2.05) is 25.1 Å². The highest BCUT2D eigenvalue weighted by Crippen LogP contribution is 2.41. The van der Waals surface area contributed by atoms with Crippen LogP contribution in [0.15, 0.2) is 24.5 Å². The van der Waals surface area contributed by atoms with Crippen LogP contribution in [0, 0.1) is 6.92 Å². The Morgan fingerprint density at radius 1 is 1.04 bits per heavy atom. The van der Waals surface area contributed by atoms with Crippen molar-refractivity contribution in [1.82, 2.24) is 15.0 Å². The normalized spacial score (nSPS) is 11.1. The standard InChI is InChI=1S/C19H22N4O2/c1-10(2)15-11(3)23-19-17(18(20)21-9-22-19)16(15)12-6-7-13(24-4)14(8-12)25-5/h6-10H,1-5H3,(H2,20,21,22,23). The van der Waals surface area contributed by atoms with Crippen molar-refractivity contribution in [3.8, 4) is 22.6 Å². The van der Waals surface area contributed by atoms with Gasteiger partial charge in [0.05, 0.1) is 19.6 Å². The molecule has 2 aromatic heterocycles. The highest BCUT2D eigenvalue weighted by Gasteiger charge is 2.21. The lowest BCUT2D eigenvalue weighted by atomic mass is 9.89. The Labute approximate surface area is 147 Å². The Hall–Kier alpha value is -2.89. The van der Waals surface area contributed by atoms with E-state index in [0.717, 1.165) is 27.8 Å². The van der Waals surface area contributed by atoms with Crippen LogP contribution in [0.5, 0.6) is 11.5 Å². The summed E-state index contributed by atoms with van der Waals surface area (Å²) in [6.45, 7) is 6.28. The average Bonchev–Trinajstić information content (AvgIpc) is 2.59. The van der Waals surface area contributed by atoms with Gasteiger partial charge in [-0.25, -0.2) is 15.0 Å². The summed E-state index contributed by atoms with van der Waals surface area (Å²) >= 11 is 0. The number of nitrogens with two attached hydrogens (primary N) is 1. The van der Waals surface area contributed by atoms with Gasteiger partial charge in [-0.2, -0.15) is 0 Å². The van der Waals surface area contributed by atoms with Crippen LogP contribution in [-0.4, -0.2) is 29.2 Å². The predicted molar refractivity (Wildman–Crippen MR) is 99.1 cm³/mol. The van der Waals surface area contributed by atoms with Crippen molar-refractivity contribution in [2.45, 2.75) is 26.7 Å². The molecule has 6 nitrogen and oxygen atoms in total. The van der Waals surface area contributed by atoms with Crippen LogP contribution in [0.4, 0.5) is 5.82 Å². The quantitative estimate of drug-likeness (QED) is 0.780. The molecule has 0 radical (unpaired) electrons. The maximum Gasteiger partial charge on any atom is 0.165 e. The van der Waals surface area contributed by atoms with Gasteiger partial charge in [0.25, 0.3) is 0 Å². The summed E-state index contributed by atoms with van der Waals surface area (Å²) < 4.78 is 10.8. The summed E-state index contributed by atoms with van der Waals surface area (Å²) in [7, 11) is 3.24. The van der Waals surface area contributed by atoms with E-state index in [1.54, 1.807) is 14.2 Å². The van der Waals surface area contributed by atoms with E-state index in [0.29, 0.717) is 23.0 Å². The Morgan fingerprint density at radius 3 is 2.40 bits per heavy atom. The number of pyridine rings is 1. The number of aromatic nitrogens is 3. The zero-order valence-electron chi connectivity index (χ0n) is 15.1. The monoisotopic (exact) mass is 338 g/mol. The zero-order valence-corrected chi connectivity index (χ0v) is 15.1. The van der Waals surface area contributed by atoms with Crippen LogP contribution in [0.3, 0.4) is 0 Å². The number of aryl methyl sites for hydroxylation is 1. The molecule has 0 fully saturated rings. The number of nitrogen functional groups attached to an aromatic ring is 1. The van der Waals surface area contributed by atoms with Crippen molar-refractivity contribution in [2.75, 3.05) is 20.0 Å². The zero-order chi connectivity index (χ0) is 18.1. The fraction of sp³-hybridized carbons (Fsp3) is 0.316. The summed E-state index contributed by atoms with van der Waals surface area (Å²) in [5.41, 5.74) is 10.8. The molecule has 2 heterocycles. The van der Waals surface area contributed by atoms with Crippen molar-refractivity contribution >= 4 is 16.9 Å². The number of ether oxygens (including phenoxy) is 2. The first-order valence-electron chi connectivity index (χ1n) is 8.11. The largest absolute Gasteiger partial charge is 0.493 e. The van der Waals surface area contributed by atoms with Gasteiger partial charge >= 0.3 is 0 Å². The van der Waals surface area contributed by atoms with Crippen LogP contribution in [0.2, 0.25) is 0 Å². The summed E-state index contributed by atoms with van der Waals surface area (Å²) in [6, 6.07) is 5.83. The lowest BCUT2D eigenvalue weighted by Crippen LogP contribution is -2.05. The molecule has 0 bridgehead atoms. The number of hydrogen-bond acceptors (Lipinski definition) is 6. The number of rotatable bonds is 4. The highest BCUT2D eigenvalue weighted by molar-refractivity contribution is 6.01. The minimum absolute atomic E-state index is 0.264. The SMILES string of the molecule is COc1ccc(-c2c(C(C)C)c(C)nc3ncnc(N)c23)cc1OC. The molecule has 3 rings (SSSR count). The van der Waals surface area contributed by atoms with E-state index in [2.05, 4.69) is 28.8 Å². The molecule has 2 N–H and O–H groups in total. The molecule has 0 aliphatic rings. The van der Waals surface area contributed by atoms with Crippen LogP contribution >= 0.6 is 0 Å². The lowest BCUT2D eigenvalue weighted by molar-refractivity contribution is 0.355. The molecule has 25 heavy (non-hydrogen) atoms. The van der Waals surface area contributed by atoms with E-state index in [4.69, 9.17) is 15.2 Å². The molecule has 1 aromatic carbocycles. The number of hydrogen-bond donors (Lipinski definition) is 1. The minimum Gasteiger partial charge on any atom is -0.493 e. The summed E-state index contributed by atoms with van der Waals surface area (Å²) in [5, 5.41) is 0.768. The number of fused-ring (bicyclic) bond motifs is 1. The van der Waals surface area contributed by atoms with Gasteiger partial charge in [0.15, 0.2) is 17.1 Å². The molecular formula is C19H22N4O2. The highest BCUT2D eigenvalue weighted by atomic mass is 16.5. The predicted octanol–water partition coefficient (Wildman–Crippen LogP) is 3.72. The minimum atomic E-state index is 0.264. The molecule has 0 spiro atoms. The van der Waals surface area contributed by atoms with Crippen molar-refractivity contribution in [2.24, 2.45) is 0 Å². The first-order chi connectivity index (χ1) is 12.0. The number of nitrogens with zero attached hydrogens (tertiary/aromatic N) is 3. The third-order valence-corrected chi connectivity index (χ3v) is 4.29. The molecule has 0 aliphatic heterocycles. The Bertz CT molecular complexity index is 938. The Kier molecular flexibility index (Phi) is 4.44. The van der Waals surface area contributed by atoms with Crippen LogP contribution in [0.25, 0.3) is 22.2 Å². The van der Waals surface area contributed by atoms with Gasteiger partial charge in [0.2, 0.25) is 0 Å². The molecule has 3 aromatic rings. The summed E-state index contributed by atoms with van der Waals surface area (Å²) in [6.07, 6.45) is 1.44. The van der Waals surface area contributed by atoms with Crippen molar-refractivity contribution < 1.29 is 9.47 Å². The summed E-state index contributed by atoms with van der Waals surface area (Å²) in [4.78, 5) is 13.1. The second kappa shape index (κ2) is 6.55. The van der Waals surface area contributed by atoms with Gasteiger partial charge < -0.3 is 15.2 Å². The Morgan fingerprint density at radius 2 is 1.76 bits per heavy atom. The second-order valence-electron chi connectivity index (χ2n) is 6.17. The fourth-order valence-electron chi connectivity index (χ4n) is 3.25. The van der Waals surface area contributed by atoms with E-state index in [1.165, 1.54) is 6.33 Å². The van der Waals surface area contributed by atoms with Gasteiger partial charge in [0, 0.05) is 11.3 Å². The Balaban J connectivity index is 2.43. The van der Waals surface area contributed by atoms with Crippen molar-refractivity contribution in [3.05, 3.63) is 35.8 Å². The van der Waals surface area contributed by atoms with Gasteiger partial charge in [-0.1, -0.05) is 19.9 Å². The van der Waals surface area contributed by atoms with Gasteiger partial charge in [0.1, 0.15) is 12.1 Å². The molecule has 0 saturated heterocycles. The van der Waals surface area contributed by atoms with Gasteiger partial charge in [-0.05, 0) is 36.1 Å². The van der Waals surface area contributed by atoms with E-state index in [-0.39, 0.29) is 5.92 Å². The maximum absolute atomic E-state index is 6.19. The van der Waals surface area contributed by atoms with E-state index >= 15 is 0 Å². The van der Waals surface area contributed by atoms with E-state index in [9.17, 15) is 0 Å². The van der Waals surface area contributed by atoms with Gasteiger partial charge in [-0.15, -0.1) is 0 Å². The molecule has 0 aliphatic carbocycles. The molecule has 0 amide bonds. The fourth-order valence-corrected chi connectivity index (χ4v) is 3.25. The molecule has 0 saturated carbocycles. The number of anilines is 1. The van der Waals surface area contributed by atoms with E-state index < -0.39 is 0 Å². The molecule has 6 heteroatoms. The number of benzene rings is 1. The van der Waals surface area contributed by atoms with Crippen LogP contribution < -0.4 is 15.2 Å². The first-order valence-corrected chi connectivity index (χ1v) is 8.11. The van der Waals surface area contributed by atoms with Crippen LogP contribution in [-0.2, 0) is 0 Å². The summed E-state index contributed by atoms with van der Waals surface area (Å²) in [5.74, 6) is 2.02. The average molecular weight is 338 g/mol. The first kappa shape index (κ1) is 17.0. The third-order valence-electron chi connectivity index (χ3n) is 4.29. The third kappa shape index (κ3) is 2.84. The molecule has 0 unspecified atom stereocenters. The van der Waals surface area contributed by atoms with Crippen molar-refractivity contribution in [1.29, 1.82) is 0 Å². The molecule has 0 atom stereocenters. The maximum atomic E-state index is 6.19. The lowest BCUT2D eigenvalue weighted by Gasteiger charge is -2.19. The van der Waals surface area contributed by atoms with Crippen LogP contribution in [0.1, 0.15) is 31.0 Å². The van der Waals surface area contributed by atoms with Crippen molar-refractivity contribution in [3.63, 3.8) is 0 Å². The smallest absolute Gasteiger partial charge is 0.165 e. The second-order valence-corrected chi connectivity index (χ2v) is 6.17. The molecule has 130 valence electrons. The topological polar surface area (TPSA) is 83.2 Å². The van der Waals surface area contributed by atoms with Gasteiger partial charge in [-0.3, -0.25) is 0 Å². The molecular weight excluding hydrogens is 316 g/mol.